The van der Waals surface area contributed by atoms with Crippen molar-refractivity contribution >= 4 is 17.7 Å². The average Bonchev–Trinajstić information content (AvgIpc) is 3.29. The molecule has 22 heavy (non-hydrogen) atoms. The third kappa shape index (κ3) is 3.27. The molecule has 0 aliphatic heterocycles. The Bertz CT molecular complexity index is 596. The van der Waals surface area contributed by atoms with Crippen LogP contribution in [0.1, 0.15) is 56.8 Å². The molecule has 6 nitrogen and oxygen atoms in total. The highest BCUT2D eigenvalue weighted by Gasteiger charge is 2.34. The fraction of sp³-hybridized carbons (Fsp3) is 0.733. The van der Waals surface area contributed by atoms with Crippen molar-refractivity contribution in [3.8, 4) is 6.07 Å². The van der Waals surface area contributed by atoms with Crippen LogP contribution in [0.2, 0.25) is 0 Å². The van der Waals surface area contributed by atoms with E-state index in [4.69, 9.17) is 0 Å². The number of rotatable bonds is 5. The van der Waals surface area contributed by atoms with Crippen LogP contribution in [-0.4, -0.2) is 32.0 Å². The van der Waals surface area contributed by atoms with Crippen LogP contribution in [0.5, 0.6) is 0 Å². The first-order valence-corrected chi connectivity index (χ1v) is 8.89. The number of nitriles is 1. The van der Waals surface area contributed by atoms with E-state index < -0.39 is 5.54 Å². The molecule has 2 aliphatic rings. The Balaban J connectivity index is 1.57. The molecule has 3 rings (SSSR count). The van der Waals surface area contributed by atoms with E-state index in [0.29, 0.717) is 6.04 Å². The number of aryl methyl sites for hydroxylation is 1. The molecule has 2 saturated carbocycles. The molecule has 1 heterocycles. The molecule has 1 N–H and O–H groups in total. The minimum atomic E-state index is -0.657. The van der Waals surface area contributed by atoms with E-state index in [1.54, 1.807) is 0 Å². The van der Waals surface area contributed by atoms with Crippen LogP contribution in [0, 0.1) is 18.3 Å². The number of nitrogens with zero attached hydrogens (tertiary/aromatic N) is 4. The Labute approximate surface area is 134 Å². The van der Waals surface area contributed by atoms with E-state index in [1.807, 2.05) is 6.92 Å². The van der Waals surface area contributed by atoms with E-state index in [2.05, 4.69) is 26.2 Å². The molecular weight excluding hydrogens is 298 g/mol. The average molecular weight is 319 g/mol. The summed E-state index contributed by atoms with van der Waals surface area (Å²) in [5.41, 5.74) is -0.657. The number of nitrogens with one attached hydrogen (secondary N) is 1. The first-order valence-electron chi connectivity index (χ1n) is 7.90. The number of amides is 1. The van der Waals surface area contributed by atoms with Gasteiger partial charge in [0.25, 0.3) is 0 Å². The van der Waals surface area contributed by atoms with Crippen molar-refractivity contribution in [3.05, 3.63) is 5.82 Å². The number of hydrogen-bond donors (Lipinski definition) is 1. The highest BCUT2D eigenvalue weighted by Crippen LogP contribution is 2.38. The molecule has 0 spiro atoms. The van der Waals surface area contributed by atoms with E-state index in [-0.39, 0.29) is 11.7 Å². The minimum absolute atomic E-state index is 0.0866. The normalized spacial score (nSPS) is 20.4. The summed E-state index contributed by atoms with van der Waals surface area (Å²) in [6, 6.07) is 2.82. The zero-order valence-electron chi connectivity index (χ0n) is 12.8. The predicted molar refractivity (Wildman–Crippen MR) is 83.3 cm³/mol. The first-order chi connectivity index (χ1) is 10.6. The van der Waals surface area contributed by atoms with E-state index >= 15 is 0 Å². The van der Waals surface area contributed by atoms with E-state index in [9.17, 15) is 10.1 Å². The SMILES string of the molecule is Cc1nnc(SCC(=O)NC2(C#N)CCCCC2)n1C1CC1. The van der Waals surface area contributed by atoms with Gasteiger partial charge < -0.3 is 9.88 Å². The second kappa shape index (κ2) is 6.29. The van der Waals surface area contributed by atoms with Crippen LogP contribution in [0.25, 0.3) is 0 Å². The smallest absolute Gasteiger partial charge is 0.231 e. The molecule has 118 valence electrons. The fourth-order valence-corrected chi connectivity index (χ4v) is 3.91. The summed E-state index contributed by atoms with van der Waals surface area (Å²) in [7, 11) is 0. The van der Waals surface area contributed by atoms with Gasteiger partial charge in [0.15, 0.2) is 5.16 Å². The van der Waals surface area contributed by atoms with Gasteiger partial charge in [0, 0.05) is 6.04 Å². The van der Waals surface area contributed by atoms with Gasteiger partial charge in [-0.15, -0.1) is 10.2 Å². The molecule has 0 radical (unpaired) electrons. The van der Waals surface area contributed by atoms with Crippen molar-refractivity contribution in [2.24, 2.45) is 0 Å². The Morgan fingerprint density at radius 1 is 1.41 bits per heavy atom. The van der Waals surface area contributed by atoms with Gasteiger partial charge in [-0.3, -0.25) is 4.79 Å². The van der Waals surface area contributed by atoms with Crippen LogP contribution < -0.4 is 5.32 Å². The number of aromatic nitrogens is 3. The van der Waals surface area contributed by atoms with Crippen LogP contribution in [0.15, 0.2) is 5.16 Å². The standard InChI is InChI=1S/C15H21N5OS/c1-11-18-19-14(20(11)12-5-6-12)22-9-13(21)17-15(10-16)7-3-2-4-8-15/h12H,2-9H2,1H3,(H,17,21). The second-order valence-corrected chi connectivity index (χ2v) is 7.16. The quantitative estimate of drug-likeness (QED) is 0.842. The topological polar surface area (TPSA) is 83.6 Å². The maximum absolute atomic E-state index is 12.2. The lowest BCUT2D eigenvalue weighted by molar-refractivity contribution is -0.120. The summed E-state index contributed by atoms with van der Waals surface area (Å²) < 4.78 is 2.12. The Hall–Kier alpha value is -1.55. The molecule has 1 amide bonds. The van der Waals surface area contributed by atoms with Gasteiger partial charge in [0.05, 0.1) is 11.8 Å². The molecule has 0 bridgehead atoms. The zero-order chi connectivity index (χ0) is 15.6. The molecule has 0 unspecified atom stereocenters. The van der Waals surface area contributed by atoms with E-state index in [0.717, 1.165) is 55.9 Å². The number of carbonyl (C=O) groups excluding carboxylic acids is 1. The highest BCUT2D eigenvalue weighted by atomic mass is 32.2. The van der Waals surface area contributed by atoms with Crippen LogP contribution in [0.3, 0.4) is 0 Å². The number of hydrogen-bond acceptors (Lipinski definition) is 5. The molecule has 0 atom stereocenters. The Morgan fingerprint density at radius 2 is 2.14 bits per heavy atom. The number of carbonyl (C=O) groups is 1. The van der Waals surface area contributed by atoms with Gasteiger partial charge in [-0.1, -0.05) is 31.0 Å². The van der Waals surface area contributed by atoms with Crippen LogP contribution in [-0.2, 0) is 4.79 Å². The van der Waals surface area contributed by atoms with Crippen molar-refractivity contribution in [1.82, 2.24) is 20.1 Å². The Morgan fingerprint density at radius 3 is 2.77 bits per heavy atom. The molecule has 0 saturated heterocycles. The van der Waals surface area contributed by atoms with Gasteiger partial charge in [0.1, 0.15) is 11.4 Å². The molecule has 2 fully saturated rings. The molecular formula is C15H21N5OS. The van der Waals surface area contributed by atoms with E-state index in [1.165, 1.54) is 11.8 Å². The summed E-state index contributed by atoms with van der Waals surface area (Å²) in [5, 5.41) is 21.4. The lowest BCUT2D eigenvalue weighted by atomic mass is 9.83. The Kier molecular flexibility index (Phi) is 4.39. The number of thioether (sulfide) groups is 1. The summed E-state index contributed by atoms with van der Waals surface area (Å²) in [5.74, 6) is 1.11. The van der Waals surface area contributed by atoms with Crippen molar-refractivity contribution in [3.63, 3.8) is 0 Å². The summed E-state index contributed by atoms with van der Waals surface area (Å²) in [4.78, 5) is 12.2. The van der Waals surface area contributed by atoms with Crippen molar-refractivity contribution in [2.75, 3.05) is 5.75 Å². The van der Waals surface area contributed by atoms with Crippen molar-refractivity contribution in [2.45, 2.75) is 68.6 Å². The maximum atomic E-state index is 12.2. The van der Waals surface area contributed by atoms with Gasteiger partial charge >= 0.3 is 0 Å². The van der Waals surface area contributed by atoms with Gasteiger partial charge in [-0.2, -0.15) is 5.26 Å². The molecule has 2 aliphatic carbocycles. The minimum Gasteiger partial charge on any atom is -0.337 e. The summed E-state index contributed by atoms with van der Waals surface area (Å²) >= 11 is 1.41. The third-order valence-corrected chi connectivity index (χ3v) is 5.32. The largest absolute Gasteiger partial charge is 0.337 e. The summed E-state index contributed by atoms with van der Waals surface area (Å²) in [6.45, 7) is 1.95. The van der Waals surface area contributed by atoms with Crippen molar-refractivity contribution in [1.29, 1.82) is 5.26 Å². The molecule has 0 aromatic carbocycles. The van der Waals surface area contributed by atoms with Gasteiger partial charge in [0.2, 0.25) is 5.91 Å². The zero-order valence-corrected chi connectivity index (χ0v) is 13.7. The molecule has 1 aromatic heterocycles. The van der Waals surface area contributed by atoms with Crippen molar-refractivity contribution < 1.29 is 4.79 Å². The second-order valence-electron chi connectivity index (χ2n) is 6.22. The first kappa shape index (κ1) is 15.3. The fourth-order valence-electron chi connectivity index (χ4n) is 3.05. The summed E-state index contributed by atoms with van der Waals surface area (Å²) in [6.07, 6.45) is 7.02. The van der Waals surface area contributed by atoms with Gasteiger partial charge in [-0.05, 0) is 32.6 Å². The van der Waals surface area contributed by atoms with Gasteiger partial charge in [-0.25, -0.2) is 0 Å². The highest BCUT2D eigenvalue weighted by molar-refractivity contribution is 7.99. The third-order valence-electron chi connectivity index (χ3n) is 4.38. The predicted octanol–water partition coefficient (Wildman–Crippen LogP) is 2.36. The molecule has 7 heteroatoms. The maximum Gasteiger partial charge on any atom is 0.231 e. The van der Waals surface area contributed by atoms with Crippen LogP contribution >= 0.6 is 11.8 Å². The monoisotopic (exact) mass is 319 g/mol. The lowest BCUT2D eigenvalue weighted by Gasteiger charge is -2.31. The lowest BCUT2D eigenvalue weighted by Crippen LogP contribution is -2.49. The molecule has 1 aromatic rings. The van der Waals surface area contributed by atoms with Crippen LogP contribution in [0.4, 0.5) is 0 Å².